The lowest BCUT2D eigenvalue weighted by molar-refractivity contribution is -0.117. The van der Waals surface area contributed by atoms with Crippen LogP contribution in [0.1, 0.15) is 28.4 Å². The molecule has 0 radical (unpaired) electrons. The van der Waals surface area contributed by atoms with Crippen molar-refractivity contribution in [3.63, 3.8) is 0 Å². The molecule has 0 saturated carbocycles. The monoisotopic (exact) mass is 456 g/mol. The molecule has 2 N–H and O–H groups in total. The minimum Gasteiger partial charge on any atom is -0.494 e. The fourth-order valence-corrected chi connectivity index (χ4v) is 3.02. The maximum absolute atomic E-state index is 12.9. The summed E-state index contributed by atoms with van der Waals surface area (Å²) in [4.78, 5) is 27.5. The van der Waals surface area contributed by atoms with Crippen LogP contribution in [0.25, 0.3) is 6.08 Å². The second kappa shape index (κ2) is 12.0. The third-order valence-corrected chi connectivity index (χ3v) is 4.82. The molecule has 174 valence electrons. The number of hydrazone groups is 1. The predicted molar refractivity (Wildman–Crippen MR) is 136 cm³/mol. The minimum absolute atomic E-state index is 0.0790. The number of hydrogen-bond acceptors (Lipinski definition) is 5. The maximum atomic E-state index is 12.9. The van der Waals surface area contributed by atoms with Gasteiger partial charge in [0.15, 0.2) is 0 Å². The fraction of sp³-hybridized carbons (Fsp3) is 0.148. The van der Waals surface area contributed by atoms with E-state index in [2.05, 4.69) is 15.8 Å². The first-order valence-corrected chi connectivity index (χ1v) is 10.9. The first kappa shape index (κ1) is 24.3. The molecule has 0 aliphatic heterocycles. The Balaban J connectivity index is 1.77. The summed E-state index contributed by atoms with van der Waals surface area (Å²) in [5.74, 6) is -0.164. The maximum Gasteiger partial charge on any atom is 0.287 e. The van der Waals surface area contributed by atoms with Crippen molar-refractivity contribution in [2.45, 2.75) is 6.92 Å². The molecule has 0 aromatic heterocycles. The Bertz CT molecular complexity index is 1150. The van der Waals surface area contributed by atoms with Crippen LogP contribution in [0.4, 0.5) is 5.69 Å². The largest absolute Gasteiger partial charge is 0.494 e. The molecule has 2 amide bonds. The molecular weight excluding hydrogens is 428 g/mol. The average Bonchev–Trinajstić information content (AvgIpc) is 2.85. The molecule has 0 spiro atoms. The van der Waals surface area contributed by atoms with Crippen LogP contribution >= 0.6 is 0 Å². The highest BCUT2D eigenvalue weighted by Crippen LogP contribution is 2.15. The summed E-state index contributed by atoms with van der Waals surface area (Å²) >= 11 is 0. The van der Waals surface area contributed by atoms with E-state index >= 15 is 0 Å². The van der Waals surface area contributed by atoms with Crippen molar-refractivity contribution in [1.29, 1.82) is 0 Å². The van der Waals surface area contributed by atoms with Gasteiger partial charge >= 0.3 is 0 Å². The Kier molecular flexibility index (Phi) is 8.57. The minimum atomic E-state index is -0.539. The van der Waals surface area contributed by atoms with Crippen molar-refractivity contribution in [2.75, 3.05) is 25.6 Å². The van der Waals surface area contributed by atoms with Crippen molar-refractivity contribution in [2.24, 2.45) is 5.10 Å². The Morgan fingerprint density at radius 3 is 2.18 bits per heavy atom. The van der Waals surface area contributed by atoms with E-state index in [4.69, 9.17) is 4.74 Å². The van der Waals surface area contributed by atoms with Crippen LogP contribution < -0.4 is 20.4 Å². The molecule has 3 aromatic carbocycles. The van der Waals surface area contributed by atoms with Gasteiger partial charge in [-0.25, -0.2) is 5.43 Å². The SMILES string of the molecule is CCOc1ccc(C=NNC(=O)/C(=C\c2ccc(N(C)C)cc2)NC(=O)c2ccccc2)cc1. The van der Waals surface area contributed by atoms with Crippen LogP contribution in [-0.4, -0.2) is 38.7 Å². The molecule has 34 heavy (non-hydrogen) atoms. The molecule has 3 rings (SSSR count). The zero-order valence-corrected chi connectivity index (χ0v) is 19.5. The van der Waals surface area contributed by atoms with E-state index in [9.17, 15) is 9.59 Å². The molecule has 7 heteroatoms. The highest BCUT2D eigenvalue weighted by molar-refractivity contribution is 6.05. The number of carbonyl (C=O) groups excluding carboxylic acids is 2. The van der Waals surface area contributed by atoms with E-state index in [1.165, 1.54) is 6.21 Å². The highest BCUT2D eigenvalue weighted by Gasteiger charge is 2.14. The summed E-state index contributed by atoms with van der Waals surface area (Å²) in [6, 6.07) is 23.7. The van der Waals surface area contributed by atoms with E-state index in [0.29, 0.717) is 12.2 Å². The van der Waals surface area contributed by atoms with Gasteiger partial charge in [0, 0.05) is 25.3 Å². The van der Waals surface area contributed by atoms with Crippen molar-refractivity contribution >= 4 is 29.8 Å². The van der Waals surface area contributed by atoms with Gasteiger partial charge in [-0.15, -0.1) is 0 Å². The van der Waals surface area contributed by atoms with Crippen LogP contribution in [0, 0.1) is 0 Å². The van der Waals surface area contributed by atoms with Crippen molar-refractivity contribution in [1.82, 2.24) is 10.7 Å². The number of hydrogen-bond donors (Lipinski definition) is 2. The molecule has 0 heterocycles. The molecule has 0 atom stereocenters. The summed E-state index contributed by atoms with van der Waals surface area (Å²) in [5.41, 5.74) is 5.59. The van der Waals surface area contributed by atoms with Crippen LogP contribution in [0.15, 0.2) is 89.7 Å². The van der Waals surface area contributed by atoms with Gasteiger partial charge < -0.3 is 15.0 Å². The van der Waals surface area contributed by atoms with Gasteiger partial charge in [-0.1, -0.05) is 30.3 Å². The number of nitrogens with zero attached hydrogens (tertiary/aromatic N) is 2. The molecule has 0 saturated heterocycles. The van der Waals surface area contributed by atoms with Gasteiger partial charge in [0.2, 0.25) is 0 Å². The lowest BCUT2D eigenvalue weighted by Gasteiger charge is -2.12. The summed E-state index contributed by atoms with van der Waals surface area (Å²) in [6.45, 7) is 2.51. The number of nitrogens with one attached hydrogen (secondary N) is 2. The Morgan fingerprint density at radius 2 is 1.56 bits per heavy atom. The Labute approximate surface area is 199 Å². The third kappa shape index (κ3) is 7.06. The third-order valence-electron chi connectivity index (χ3n) is 4.82. The van der Waals surface area contributed by atoms with E-state index < -0.39 is 5.91 Å². The van der Waals surface area contributed by atoms with Crippen molar-refractivity contribution in [3.8, 4) is 5.75 Å². The Morgan fingerprint density at radius 1 is 0.912 bits per heavy atom. The molecule has 0 aliphatic rings. The van der Waals surface area contributed by atoms with Gasteiger partial charge in [0.1, 0.15) is 11.4 Å². The molecule has 0 unspecified atom stereocenters. The smallest absolute Gasteiger partial charge is 0.287 e. The van der Waals surface area contributed by atoms with Crippen molar-refractivity contribution < 1.29 is 14.3 Å². The lowest BCUT2D eigenvalue weighted by atomic mass is 10.1. The average molecular weight is 457 g/mol. The Hall–Kier alpha value is -4.39. The number of anilines is 1. The van der Waals surface area contributed by atoms with Gasteiger partial charge in [-0.05, 0) is 72.7 Å². The van der Waals surface area contributed by atoms with Gasteiger partial charge in [0.05, 0.1) is 12.8 Å². The van der Waals surface area contributed by atoms with Crippen LogP contribution in [0.2, 0.25) is 0 Å². The molecule has 0 aliphatic carbocycles. The number of benzene rings is 3. The molecule has 3 aromatic rings. The summed E-state index contributed by atoms with van der Waals surface area (Å²) in [7, 11) is 3.90. The number of carbonyl (C=O) groups is 2. The van der Waals surface area contributed by atoms with Gasteiger partial charge in [0.25, 0.3) is 11.8 Å². The second-order valence-electron chi connectivity index (χ2n) is 7.57. The van der Waals surface area contributed by atoms with E-state index in [-0.39, 0.29) is 11.6 Å². The number of ether oxygens (including phenoxy) is 1. The second-order valence-corrected chi connectivity index (χ2v) is 7.57. The quantitative estimate of drug-likeness (QED) is 0.289. The zero-order valence-electron chi connectivity index (χ0n) is 19.5. The summed E-state index contributed by atoms with van der Waals surface area (Å²) in [6.07, 6.45) is 3.14. The van der Waals surface area contributed by atoms with E-state index in [1.807, 2.05) is 80.5 Å². The van der Waals surface area contributed by atoms with Crippen molar-refractivity contribution in [3.05, 3.63) is 101 Å². The fourth-order valence-electron chi connectivity index (χ4n) is 3.02. The van der Waals surface area contributed by atoms with Crippen LogP contribution in [-0.2, 0) is 4.79 Å². The summed E-state index contributed by atoms with van der Waals surface area (Å²) < 4.78 is 5.42. The topological polar surface area (TPSA) is 83.0 Å². The standard InChI is InChI=1S/C27H28N4O3/c1-4-34-24-16-12-21(13-17-24)19-28-30-27(33)25(29-26(32)22-8-6-5-7-9-22)18-20-10-14-23(15-11-20)31(2)3/h5-19H,4H2,1-3H3,(H,29,32)(H,30,33)/b25-18+,28-19?. The molecule has 0 fully saturated rings. The molecule has 7 nitrogen and oxygen atoms in total. The van der Waals surface area contributed by atoms with Gasteiger partial charge in [-0.3, -0.25) is 9.59 Å². The number of amides is 2. The first-order valence-electron chi connectivity index (χ1n) is 10.9. The normalized spacial score (nSPS) is 11.2. The number of rotatable bonds is 9. The first-order chi connectivity index (χ1) is 16.5. The van der Waals surface area contributed by atoms with Gasteiger partial charge in [-0.2, -0.15) is 5.10 Å². The summed E-state index contributed by atoms with van der Waals surface area (Å²) in [5, 5.41) is 6.73. The van der Waals surface area contributed by atoms with E-state index in [1.54, 1.807) is 30.3 Å². The lowest BCUT2D eigenvalue weighted by Crippen LogP contribution is -2.32. The zero-order chi connectivity index (χ0) is 24.3. The predicted octanol–water partition coefficient (Wildman–Crippen LogP) is 4.07. The molecular formula is C27H28N4O3. The highest BCUT2D eigenvalue weighted by atomic mass is 16.5. The van der Waals surface area contributed by atoms with Crippen LogP contribution in [0.3, 0.4) is 0 Å². The molecule has 0 bridgehead atoms. The van der Waals surface area contributed by atoms with E-state index in [0.717, 1.165) is 22.6 Å². The van der Waals surface area contributed by atoms with Crippen LogP contribution in [0.5, 0.6) is 5.75 Å².